The van der Waals surface area contributed by atoms with Crippen molar-refractivity contribution in [2.24, 2.45) is 0 Å². The quantitative estimate of drug-likeness (QED) is 0.0327. The van der Waals surface area contributed by atoms with Crippen LogP contribution in [0.15, 0.2) is 48.6 Å². The molecule has 0 aromatic carbocycles. The lowest BCUT2D eigenvalue weighted by Gasteiger charge is -2.23. The molecule has 6 nitrogen and oxygen atoms in total. The van der Waals surface area contributed by atoms with Crippen molar-refractivity contribution in [2.75, 3.05) is 5.75 Å². The highest BCUT2D eigenvalue weighted by atomic mass is 32.2. The fraction of sp³-hybridized carbons (Fsp3) is 0.804. The Morgan fingerprint density at radius 1 is 0.528 bits per heavy atom. The number of hydrogen-bond acceptors (Lipinski definition) is 4. The van der Waals surface area contributed by atoms with E-state index >= 15 is 0 Å². The SMILES string of the molecule is CC/C=C\C/C=C\C/C=C\C/C=C\CCCCCCC(=O)NC(CS(=O)(=O)O)C(O)CCCCCCCCCCCCCCCCCCCCCCC. The summed E-state index contributed by atoms with van der Waals surface area (Å²) >= 11 is 0. The lowest BCUT2D eigenvalue weighted by Crippen LogP contribution is -2.47. The van der Waals surface area contributed by atoms with Gasteiger partial charge in [-0.15, -0.1) is 0 Å². The number of hydrogen-bond donors (Lipinski definition) is 3. The summed E-state index contributed by atoms with van der Waals surface area (Å²) in [6.07, 6.45) is 53.5. The van der Waals surface area contributed by atoms with E-state index in [1.165, 1.54) is 116 Å². The summed E-state index contributed by atoms with van der Waals surface area (Å²) in [6, 6.07) is -0.985. The van der Waals surface area contributed by atoms with Gasteiger partial charge < -0.3 is 10.4 Å². The summed E-state index contributed by atoms with van der Waals surface area (Å²) in [5, 5.41) is 13.4. The Morgan fingerprint density at radius 3 is 1.34 bits per heavy atom. The second-order valence-corrected chi connectivity index (χ2v) is 16.8. The molecule has 0 saturated heterocycles. The first-order chi connectivity index (χ1) is 25.8. The van der Waals surface area contributed by atoms with E-state index in [0.29, 0.717) is 12.8 Å². The van der Waals surface area contributed by atoms with Crippen LogP contribution in [0.25, 0.3) is 0 Å². The first kappa shape index (κ1) is 51.3. The van der Waals surface area contributed by atoms with Crippen LogP contribution in [0.4, 0.5) is 0 Å². The van der Waals surface area contributed by atoms with E-state index in [4.69, 9.17) is 0 Å². The van der Waals surface area contributed by atoms with E-state index in [1.54, 1.807) is 0 Å². The van der Waals surface area contributed by atoms with Gasteiger partial charge in [-0.1, -0.05) is 210 Å². The van der Waals surface area contributed by atoms with Crippen molar-refractivity contribution >= 4 is 16.0 Å². The monoisotopic (exact) mass is 764 g/mol. The molecule has 2 unspecified atom stereocenters. The van der Waals surface area contributed by atoms with Crippen molar-refractivity contribution < 1.29 is 22.9 Å². The molecule has 0 bridgehead atoms. The van der Waals surface area contributed by atoms with Gasteiger partial charge in [0.2, 0.25) is 5.91 Å². The Hall–Kier alpha value is -1.70. The molecule has 0 radical (unpaired) electrons. The van der Waals surface area contributed by atoms with Gasteiger partial charge in [0.1, 0.15) is 0 Å². The third-order valence-electron chi connectivity index (χ3n) is 10.0. The molecule has 0 rings (SSSR count). The Kier molecular flexibility index (Phi) is 38.7. The van der Waals surface area contributed by atoms with Gasteiger partial charge in [0.15, 0.2) is 0 Å². The van der Waals surface area contributed by atoms with Gasteiger partial charge in [0.25, 0.3) is 10.1 Å². The molecule has 0 fully saturated rings. The maximum absolute atomic E-state index is 12.5. The number of allylic oxidation sites excluding steroid dienone is 8. The lowest BCUT2D eigenvalue weighted by atomic mass is 10.0. The van der Waals surface area contributed by atoms with Crippen LogP contribution in [0.1, 0.15) is 219 Å². The number of amides is 1. The van der Waals surface area contributed by atoms with Crippen LogP contribution in [0, 0.1) is 0 Å². The number of unbranched alkanes of at least 4 members (excludes halogenated alkanes) is 24. The van der Waals surface area contributed by atoms with Crippen LogP contribution in [0.3, 0.4) is 0 Å². The lowest BCUT2D eigenvalue weighted by molar-refractivity contribution is -0.122. The number of aliphatic hydroxyl groups is 1. The van der Waals surface area contributed by atoms with Gasteiger partial charge in [0.05, 0.1) is 17.9 Å². The average Bonchev–Trinajstić information content (AvgIpc) is 3.12. The summed E-state index contributed by atoms with van der Waals surface area (Å²) in [4.78, 5) is 12.5. The highest BCUT2D eigenvalue weighted by Crippen LogP contribution is 2.16. The summed E-state index contributed by atoms with van der Waals surface area (Å²) in [5.41, 5.74) is 0. The standard InChI is InChI=1S/C46H85NO5S/c1-3-5-7-9-11-13-15-17-19-21-22-23-24-26-27-29-31-33-35-37-39-41-45(48)44(43-53(50,51)52)47-46(49)42-40-38-36-34-32-30-28-25-20-18-16-14-12-10-8-6-4-2/h6,8,12,14,18,20,28,30,44-45,48H,3-5,7,9-11,13,15-17,19,21-27,29,31-43H2,1-2H3,(H,47,49)(H,50,51,52)/b8-6-,14-12-,20-18-,30-28-. The number of carbonyl (C=O) groups is 1. The predicted molar refractivity (Wildman–Crippen MR) is 230 cm³/mol. The first-order valence-corrected chi connectivity index (χ1v) is 23.9. The van der Waals surface area contributed by atoms with Crippen LogP contribution in [0.2, 0.25) is 0 Å². The number of rotatable bonds is 40. The van der Waals surface area contributed by atoms with Gasteiger partial charge in [-0.25, -0.2) is 0 Å². The van der Waals surface area contributed by atoms with Crippen LogP contribution < -0.4 is 5.32 Å². The van der Waals surface area contributed by atoms with Crippen LogP contribution in [0.5, 0.6) is 0 Å². The van der Waals surface area contributed by atoms with E-state index in [-0.39, 0.29) is 12.3 Å². The summed E-state index contributed by atoms with van der Waals surface area (Å²) < 4.78 is 32.6. The second-order valence-electron chi connectivity index (χ2n) is 15.3. The molecule has 2 atom stereocenters. The molecule has 310 valence electrons. The average molecular weight is 764 g/mol. The zero-order valence-corrected chi connectivity index (χ0v) is 35.5. The molecule has 0 aliphatic heterocycles. The fourth-order valence-electron chi connectivity index (χ4n) is 6.74. The van der Waals surface area contributed by atoms with Crippen molar-refractivity contribution in [1.82, 2.24) is 5.32 Å². The molecule has 0 spiro atoms. The minimum absolute atomic E-state index is 0.268. The maximum Gasteiger partial charge on any atom is 0.266 e. The van der Waals surface area contributed by atoms with Gasteiger partial charge in [-0.2, -0.15) is 8.42 Å². The Bertz CT molecular complexity index is 1020. The van der Waals surface area contributed by atoms with Crippen molar-refractivity contribution in [1.29, 1.82) is 0 Å². The molecule has 0 heterocycles. The van der Waals surface area contributed by atoms with Crippen LogP contribution >= 0.6 is 0 Å². The van der Waals surface area contributed by atoms with Crippen LogP contribution in [-0.2, 0) is 14.9 Å². The highest BCUT2D eigenvalue weighted by Gasteiger charge is 2.26. The topological polar surface area (TPSA) is 104 Å². The summed E-state index contributed by atoms with van der Waals surface area (Å²) in [7, 11) is -4.32. The summed E-state index contributed by atoms with van der Waals surface area (Å²) in [6.45, 7) is 4.42. The predicted octanol–water partition coefficient (Wildman–Crippen LogP) is 13.5. The number of nitrogens with one attached hydrogen (secondary N) is 1. The van der Waals surface area contributed by atoms with E-state index in [1.807, 2.05) is 0 Å². The molecule has 0 saturated carbocycles. The highest BCUT2D eigenvalue weighted by molar-refractivity contribution is 7.85. The Balaban J connectivity index is 3.85. The van der Waals surface area contributed by atoms with E-state index in [9.17, 15) is 22.9 Å². The van der Waals surface area contributed by atoms with Crippen LogP contribution in [-0.4, -0.2) is 41.9 Å². The van der Waals surface area contributed by atoms with Gasteiger partial charge in [0, 0.05) is 6.42 Å². The van der Waals surface area contributed by atoms with E-state index in [0.717, 1.165) is 70.6 Å². The second kappa shape index (κ2) is 40.0. The van der Waals surface area contributed by atoms with Gasteiger partial charge in [-0.05, 0) is 51.4 Å². The molecule has 0 aromatic rings. The minimum atomic E-state index is -4.32. The smallest absolute Gasteiger partial charge is 0.266 e. The molecule has 7 heteroatoms. The van der Waals surface area contributed by atoms with Crippen molar-refractivity contribution in [3.05, 3.63) is 48.6 Å². The molecule has 53 heavy (non-hydrogen) atoms. The normalized spacial score (nSPS) is 13.7. The first-order valence-electron chi connectivity index (χ1n) is 22.3. The fourth-order valence-corrected chi connectivity index (χ4v) is 7.50. The third kappa shape index (κ3) is 41.3. The molecular formula is C46H85NO5S. The molecular weight excluding hydrogens is 679 g/mol. The third-order valence-corrected chi connectivity index (χ3v) is 10.8. The maximum atomic E-state index is 12.5. The Morgan fingerprint density at radius 2 is 0.906 bits per heavy atom. The molecule has 0 aliphatic rings. The van der Waals surface area contributed by atoms with Gasteiger partial charge in [-0.3, -0.25) is 9.35 Å². The summed E-state index contributed by atoms with van der Waals surface area (Å²) in [5.74, 6) is -0.927. The van der Waals surface area contributed by atoms with Gasteiger partial charge >= 0.3 is 0 Å². The van der Waals surface area contributed by atoms with Crippen molar-refractivity contribution in [3.8, 4) is 0 Å². The van der Waals surface area contributed by atoms with Crippen molar-refractivity contribution in [3.63, 3.8) is 0 Å². The zero-order valence-electron chi connectivity index (χ0n) is 34.6. The number of aliphatic hydroxyl groups excluding tert-OH is 1. The zero-order chi connectivity index (χ0) is 38.9. The Labute approximate surface area is 329 Å². The van der Waals surface area contributed by atoms with Crippen molar-refractivity contribution in [2.45, 2.75) is 231 Å². The van der Waals surface area contributed by atoms with E-state index < -0.39 is 28.0 Å². The molecule has 0 aliphatic carbocycles. The largest absolute Gasteiger partial charge is 0.391 e. The molecule has 1 amide bonds. The minimum Gasteiger partial charge on any atom is -0.391 e. The molecule has 0 aromatic heterocycles. The number of carbonyl (C=O) groups excluding carboxylic acids is 1. The molecule has 3 N–H and O–H groups in total. The van der Waals surface area contributed by atoms with E-state index in [2.05, 4.69) is 67.8 Å².